The summed E-state index contributed by atoms with van der Waals surface area (Å²) in [7, 11) is 0. The minimum absolute atomic E-state index is 0.322. The first-order valence-corrected chi connectivity index (χ1v) is 6.74. The second-order valence-electron chi connectivity index (χ2n) is 5.03. The largest absolute Gasteiger partial charge is 0.373 e. The highest BCUT2D eigenvalue weighted by molar-refractivity contribution is 5.35. The van der Waals surface area contributed by atoms with Crippen molar-refractivity contribution in [3.05, 3.63) is 23.9 Å². The smallest absolute Gasteiger partial charge is 0.125 e. The maximum Gasteiger partial charge on any atom is 0.125 e. The summed E-state index contributed by atoms with van der Waals surface area (Å²) < 4.78 is 5.74. The molecule has 100 valence electrons. The quantitative estimate of drug-likeness (QED) is 0.887. The van der Waals surface area contributed by atoms with Crippen molar-refractivity contribution in [2.75, 3.05) is 25.0 Å². The highest BCUT2D eigenvalue weighted by atomic mass is 16.5. The molecule has 2 heterocycles. The minimum Gasteiger partial charge on any atom is -0.373 e. The fourth-order valence-corrected chi connectivity index (χ4v) is 2.48. The van der Waals surface area contributed by atoms with Gasteiger partial charge in [-0.1, -0.05) is 6.07 Å². The number of hydrogen-bond acceptors (Lipinski definition) is 4. The molecule has 0 aromatic carbocycles. The van der Waals surface area contributed by atoms with Crippen molar-refractivity contribution >= 4 is 5.82 Å². The van der Waals surface area contributed by atoms with Crippen LogP contribution < -0.4 is 5.32 Å². The standard InChI is InChI=1S/C14H23N3O/c1-4-15-14-6-5-13(7-16-14)10-17-8-11(2)18-12(3)9-17/h5-7,11-12H,4,8-10H2,1-3H3,(H,15,16). The molecule has 1 N–H and O–H groups in total. The summed E-state index contributed by atoms with van der Waals surface area (Å²) in [4.78, 5) is 6.84. The summed E-state index contributed by atoms with van der Waals surface area (Å²) in [6, 6.07) is 4.20. The van der Waals surface area contributed by atoms with E-state index in [4.69, 9.17) is 4.74 Å². The van der Waals surface area contributed by atoms with Gasteiger partial charge in [-0.05, 0) is 32.4 Å². The molecule has 0 bridgehead atoms. The predicted molar refractivity (Wildman–Crippen MR) is 73.7 cm³/mol. The molecule has 0 amide bonds. The molecule has 1 saturated heterocycles. The Morgan fingerprint density at radius 1 is 1.33 bits per heavy atom. The lowest BCUT2D eigenvalue weighted by Gasteiger charge is -2.35. The van der Waals surface area contributed by atoms with Crippen molar-refractivity contribution in [3.8, 4) is 0 Å². The summed E-state index contributed by atoms with van der Waals surface area (Å²) in [5.74, 6) is 0.949. The van der Waals surface area contributed by atoms with Gasteiger partial charge in [-0.25, -0.2) is 4.98 Å². The lowest BCUT2D eigenvalue weighted by Crippen LogP contribution is -2.44. The van der Waals surface area contributed by atoms with E-state index in [0.29, 0.717) is 12.2 Å². The first-order chi connectivity index (χ1) is 8.67. The zero-order chi connectivity index (χ0) is 13.0. The van der Waals surface area contributed by atoms with Crippen LogP contribution in [0.5, 0.6) is 0 Å². The third-order valence-corrected chi connectivity index (χ3v) is 3.08. The summed E-state index contributed by atoms with van der Waals surface area (Å²) in [6.07, 6.45) is 2.61. The monoisotopic (exact) mass is 249 g/mol. The highest BCUT2D eigenvalue weighted by Crippen LogP contribution is 2.14. The number of ether oxygens (including phenoxy) is 1. The second kappa shape index (κ2) is 6.16. The number of anilines is 1. The van der Waals surface area contributed by atoms with E-state index in [1.165, 1.54) is 5.56 Å². The molecule has 0 saturated carbocycles. The van der Waals surface area contributed by atoms with Crippen molar-refractivity contribution in [2.45, 2.75) is 39.5 Å². The van der Waals surface area contributed by atoms with E-state index in [1.807, 2.05) is 12.3 Å². The number of nitrogens with one attached hydrogen (secondary N) is 1. The summed E-state index contributed by atoms with van der Waals surface area (Å²) in [5.41, 5.74) is 1.26. The lowest BCUT2D eigenvalue weighted by atomic mass is 10.2. The van der Waals surface area contributed by atoms with E-state index in [9.17, 15) is 0 Å². The predicted octanol–water partition coefficient (Wildman–Crippen LogP) is 2.12. The van der Waals surface area contributed by atoms with Gasteiger partial charge in [0.05, 0.1) is 12.2 Å². The molecule has 0 aliphatic carbocycles. The van der Waals surface area contributed by atoms with Crippen molar-refractivity contribution < 1.29 is 4.74 Å². The third-order valence-electron chi connectivity index (χ3n) is 3.08. The fourth-order valence-electron chi connectivity index (χ4n) is 2.48. The van der Waals surface area contributed by atoms with Crippen LogP contribution in [0.1, 0.15) is 26.3 Å². The van der Waals surface area contributed by atoms with E-state index >= 15 is 0 Å². The molecule has 4 heteroatoms. The molecule has 2 atom stereocenters. The van der Waals surface area contributed by atoms with Crippen LogP contribution in [0.3, 0.4) is 0 Å². The topological polar surface area (TPSA) is 37.4 Å². The molecule has 2 rings (SSSR count). The Balaban J connectivity index is 1.92. The van der Waals surface area contributed by atoms with Gasteiger partial charge in [-0.2, -0.15) is 0 Å². The second-order valence-corrected chi connectivity index (χ2v) is 5.03. The molecule has 4 nitrogen and oxygen atoms in total. The zero-order valence-corrected chi connectivity index (χ0v) is 11.5. The van der Waals surface area contributed by atoms with Crippen molar-refractivity contribution in [2.24, 2.45) is 0 Å². The Labute approximate surface area is 109 Å². The Kier molecular flexibility index (Phi) is 4.55. The van der Waals surface area contributed by atoms with Gasteiger partial charge in [0.15, 0.2) is 0 Å². The third kappa shape index (κ3) is 3.68. The molecule has 2 unspecified atom stereocenters. The van der Waals surface area contributed by atoms with Gasteiger partial charge >= 0.3 is 0 Å². The van der Waals surface area contributed by atoms with Crippen LogP contribution in [0.2, 0.25) is 0 Å². The molecule has 1 aliphatic heterocycles. The number of rotatable bonds is 4. The Morgan fingerprint density at radius 3 is 2.61 bits per heavy atom. The maximum atomic E-state index is 5.74. The van der Waals surface area contributed by atoms with Crippen molar-refractivity contribution in [3.63, 3.8) is 0 Å². The number of hydrogen-bond donors (Lipinski definition) is 1. The summed E-state index contributed by atoms with van der Waals surface area (Å²) in [5, 5.41) is 3.21. The summed E-state index contributed by atoms with van der Waals surface area (Å²) in [6.45, 7) is 10.2. The number of morpholine rings is 1. The van der Waals surface area contributed by atoms with Gasteiger partial charge in [0.1, 0.15) is 5.82 Å². The van der Waals surface area contributed by atoms with Crippen LogP contribution in [0, 0.1) is 0 Å². The molecule has 1 aliphatic rings. The fraction of sp³-hybridized carbons (Fsp3) is 0.643. The molecule has 1 fully saturated rings. The Morgan fingerprint density at radius 2 is 2.06 bits per heavy atom. The summed E-state index contributed by atoms with van der Waals surface area (Å²) >= 11 is 0. The van der Waals surface area contributed by atoms with Crippen LogP contribution in [0.4, 0.5) is 5.82 Å². The first-order valence-electron chi connectivity index (χ1n) is 6.74. The van der Waals surface area contributed by atoms with E-state index in [2.05, 4.69) is 42.0 Å². The van der Waals surface area contributed by atoms with Crippen molar-refractivity contribution in [1.29, 1.82) is 0 Å². The van der Waals surface area contributed by atoms with E-state index in [0.717, 1.165) is 32.0 Å². The van der Waals surface area contributed by atoms with Gasteiger partial charge in [0, 0.05) is 32.4 Å². The van der Waals surface area contributed by atoms with Gasteiger partial charge in [0.25, 0.3) is 0 Å². The van der Waals surface area contributed by atoms with Gasteiger partial charge in [0.2, 0.25) is 0 Å². The molecule has 1 aromatic heterocycles. The maximum absolute atomic E-state index is 5.74. The van der Waals surface area contributed by atoms with Crippen LogP contribution >= 0.6 is 0 Å². The number of aromatic nitrogens is 1. The zero-order valence-electron chi connectivity index (χ0n) is 11.5. The van der Waals surface area contributed by atoms with E-state index in [1.54, 1.807) is 0 Å². The van der Waals surface area contributed by atoms with Gasteiger partial charge < -0.3 is 10.1 Å². The van der Waals surface area contributed by atoms with Crippen LogP contribution in [-0.2, 0) is 11.3 Å². The van der Waals surface area contributed by atoms with Crippen LogP contribution in [0.25, 0.3) is 0 Å². The SMILES string of the molecule is CCNc1ccc(CN2CC(C)OC(C)C2)cn1. The molecule has 0 spiro atoms. The van der Waals surface area contributed by atoms with E-state index in [-0.39, 0.29) is 0 Å². The molecule has 18 heavy (non-hydrogen) atoms. The average molecular weight is 249 g/mol. The van der Waals surface area contributed by atoms with Crippen molar-refractivity contribution in [1.82, 2.24) is 9.88 Å². The van der Waals surface area contributed by atoms with Gasteiger partial charge in [-0.3, -0.25) is 4.90 Å². The molecular formula is C14H23N3O. The van der Waals surface area contributed by atoms with Gasteiger partial charge in [-0.15, -0.1) is 0 Å². The molecule has 1 aromatic rings. The highest BCUT2D eigenvalue weighted by Gasteiger charge is 2.21. The van der Waals surface area contributed by atoms with Crippen LogP contribution in [-0.4, -0.2) is 41.7 Å². The average Bonchev–Trinajstić information content (AvgIpc) is 2.31. The minimum atomic E-state index is 0.322. The Bertz CT molecular complexity index is 356. The Hall–Kier alpha value is -1.13. The lowest BCUT2D eigenvalue weighted by molar-refractivity contribution is -0.0705. The number of pyridine rings is 1. The first kappa shape index (κ1) is 13.3. The van der Waals surface area contributed by atoms with E-state index < -0.39 is 0 Å². The van der Waals surface area contributed by atoms with Crippen LogP contribution in [0.15, 0.2) is 18.3 Å². The molecule has 0 radical (unpaired) electrons. The normalized spacial score (nSPS) is 25.1. The number of nitrogens with zero attached hydrogens (tertiary/aromatic N) is 2. The molecular weight excluding hydrogens is 226 g/mol.